The summed E-state index contributed by atoms with van der Waals surface area (Å²) in [5.74, 6) is 0.0941. The standard InChI is InChI=1S/C15H31NO2S/c1-4-5-6-7-8-9-10-11-12-19-15(2,3)13(16)14(17)18/h13H,4-12,16H2,1-3H3,(H,17,18)/t13-/m1/s1. The van der Waals surface area contributed by atoms with Crippen LogP contribution in [0.5, 0.6) is 0 Å². The predicted molar refractivity (Wildman–Crippen MR) is 84.8 cm³/mol. The van der Waals surface area contributed by atoms with Crippen molar-refractivity contribution in [1.29, 1.82) is 0 Å². The molecule has 0 saturated carbocycles. The lowest BCUT2D eigenvalue weighted by atomic mass is 10.1. The number of carbonyl (C=O) groups is 1. The van der Waals surface area contributed by atoms with E-state index in [1.165, 1.54) is 44.9 Å². The lowest BCUT2D eigenvalue weighted by Gasteiger charge is -2.27. The molecule has 19 heavy (non-hydrogen) atoms. The van der Waals surface area contributed by atoms with Gasteiger partial charge in [-0.3, -0.25) is 4.79 Å². The summed E-state index contributed by atoms with van der Waals surface area (Å²) < 4.78 is -0.382. The molecule has 3 N–H and O–H groups in total. The zero-order valence-electron chi connectivity index (χ0n) is 12.8. The average Bonchev–Trinajstić information content (AvgIpc) is 2.35. The van der Waals surface area contributed by atoms with E-state index in [1.807, 2.05) is 13.8 Å². The van der Waals surface area contributed by atoms with E-state index in [2.05, 4.69) is 6.92 Å². The van der Waals surface area contributed by atoms with E-state index >= 15 is 0 Å². The van der Waals surface area contributed by atoms with Crippen molar-refractivity contribution in [1.82, 2.24) is 0 Å². The van der Waals surface area contributed by atoms with E-state index in [0.717, 1.165) is 12.2 Å². The second-order valence-electron chi connectivity index (χ2n) is 5.74. The van der Waals surface area contributed by atoms with Crippen molar-refractivity contribution in [2.75, 3.05) is 5.75 Å². The Balaban J connectivity index is 3.50. The summed E-state index contributed by atoms with van der Waals surface area (Å²) in [6, 6.07) is -0.786. The Morgan fingerprint density at radius 1 is 1.11 bits per heavy atom. The minimum atomic E-state index is -0.909. The largest absolute Gasteiger partial charge is 0.480 e. The molecule has 3 nitrogen and oxygen atoms in total. The van der Waals surface area contributed by atoms with Crippen LogP contribution in [0, 0.1) is 0 Å². The zero-order valence-corrected chi connectivity index (χ0v) is 13.6. The van der Waals surface area contributed by atoms with Gasteiger partial charge in [-0.25, -0.2) is 0 Å². The van der Waals surface area contributed by atoms with Gasteiger partial charge in [-0.2, -0.15) is 11.8 Å². The van der Waals surface area contributed by atoms with Gasteiger partial charge in [0.05, 0.1) is 0 Å². The summed E-state index contributed by atoms with van der Waals surface area (Å²) in [4.78, 5) is 10.9. The molecule has 0 radical (unpaired) electrons. The molecule has 0 aliphatic carbocycles. The second-order valence-corrected chi connectivity index (χ2v) is 7.49. The van der Waals surface area contributed by atoms with Crippen molar-refractivity contribution in [3.8, 4) is 0 Å². The maximum absolute atomic E-state index is 10.9. The van der Waals surface area contributed by atoms with Crippen LogP contribution in [0.1, 0.15) is 72.1 Å². The van der Waals surface area contributed by atoms with E-state index in [1.54, 1.807) is 11.8 Å². The number of rotatable bonds is 12. The Bertz CT molecular complexity index is 244. The Morgan fingerprint density at radius 3 is 2.05 bits per heavy atom. The fourth-order valence-corrected chi connectivity index (χ4v) is 3.11. The van der Waals surface area contributed by atoms with Crippen molar-refractivity contribution < 1.29 is 9.90 Å². The number of aliphatic carboxylic acids is 1. The van der Waals surface area contributed by atoms with Crippen LogP contribution in [0.25, 0.3) is 0 Å². The van der Waals surface area contributed by atoms with Crippen LogP contribution in [-0.2, 0) is 4.79 Å². The number of thioether (sulfide) groups is 1. The van der Waals surface area contributed by atoms with E-state index in [-0.39, 0.29) is 4.75 Å². The monoisotopic (exact) mass is 289 g/mol. The lowest BCUT2D eigenvalue weighted by molar-refractivity contribution is -0.139. The summed E-state index contributed by atoms with van der Waals surface area (Å²) in [5.41, 5.74) is 5.68. The lowest BCUT2D eigenvalue weighted by Crippen LogP contribution is -2.46. The van der Waals surface area contributed by atoms with Crippen molar-refractivity contribution in [2.24, 2.45) is 5.73 Å². The second kappa shape index (κ2) is 10.6. The molecule has 0 aromatic rings. The molecule has 0 saturated heterocycles. The molecule has 0 aromatic heterocycles. The van der Waals surface area contributed by atoms with Gasteiger partial charge in [-0.1, -0.05) is 51.9 Å². The van der Waals surface area contributed by atoms with Gasteiger partial charge >= 0.3 is 5.97 Å². The van der Waals surface area contributed by atoms with E-state index in [9.17, 15) is 4.79 Å². The summed E-state index contributed by atoms with van der Waals surface area (Å²) in [6.45, 7) is 6.07. The van der Waals surface area contributed by atoms with Gasteiger partial charge < -0.3 is 10.8 Å². The molecule has 0 bridgehead atoms. The zero-order chi connectivity index (χ0) is 14.7. The molecule has 0 aromatic carbocycles. The number of nitrogens with two attached hydrogens (primary N) is 1. The molecule has 0 amide bonds. The van der Waals surface area contributed by atoms with E-state index in [4.69, 9.17) is 10.8 Å². The number of hydrogen-bond acceptors (Lipinski definition) is 3. The van der Waals surface area contributed by atoms with Gasteiger partial charge in [0.2, 0.25) is 0 Å². The minimum absolute atomic E-state index is 0.382. The summed E-state index contributed by atoms with van der Waals surface area (Å²) >= 11 is 1.68. The van der Waals surface area contributed by atoms with Crippen LogP contribution < -0.4 is 5.73 Å². The van der Waals surface area contributed by atoms with Crippen LogP contribution in [-0.4, -0.2) is 27.6 Å². The summed E-state index contributed by atoms with van der Waals surface area (Å²) in [5, 5.41) is 8.92. The summed E-state index contributed by atoms with van der Waals surface area (Å²) in [7, 11) is 0. The molecule has 114 valence electrons. The normalized spacial score (nSPS) is 13.5. The van der Waals surface area contributed by atoms with Crippen LogP contribution in [0.2, 0.25) is 0 Å². The number of carboxylic acid groups (broad SMARTS) is 1. The topological polar surface area (TPSA) is 63.3 Å². The van der Waals surface area contributed by atoms with Crippen LogP contribution in [0.3, 0.4) is 0 Å². The molecular weight excluding hydrogens is 258 g/mol. The molecule has 0 heterocycles. The van der Waals surface area contributed by atoms with E-state index < -0.39 is 12.0 Å². The van der Waals surface area contributed by atoms with Gasteiger partial charge in [0.1, 0.15) is 6.04 Å². The Kier molecular flexibility index (Phi) is 10.4. The van der Waals surface area contributed by atoms with Crippen molar-refractivity contribution >= 4 is 17.7 Å². The number of hydrogen-bond donors (Lipinski definition) is 2. The predicted octanol–water partition coefficient (Wildman–Crippen LogP) is 4.05. The highest BCUT2D eigenvalue weighted by Crippen LogP contribution is 2.28. The fourth-order valence-electron chi connectivity index (χ4n) is 1.96. The number of carboxylic acids is 1. The molecule has 4 heteroatoms. The maximum atomic E-state index is 10.9. The first-order valence-electron chi connectivity index (χ1n) is 7.54. The van der Waals surface area contributed by atoms with Crippen LogP contribution >= 0.6 is 11.8 Å². The Labute approximate surface area is 122 Å². The van der Waals surface area contributed by atoms with Gasteiger partial charge in [-0.15, -0.1) is 0 Å². The third-order valence-electron chi connectivity index (χ3n) is 3.49. The average molecular weight is 289 g/mol. The summed E-state index contributed by atoms with van der Waals surface area (Å²) in [6.07, 6.45) is 10.4. The quantitative estimate of drug-likeness (QED) is 0.532. The molecule has 0 aliphatic heterocycles. The van der Waals surface area contributed by atoms with Crippen molar-refractivity contribution in [3.63, 3.8) is 0 Å². The minimum Gasteiger partial charge on any atom is -0.480 e. The van der Waals surface area contributed by atoms with Gasteiger partial charge in [0, 0.05) is 4.75 Å². The third-order valence-corrected chi connectivity index (χ3v) is 4.98. The van der Waals surface area contributed by atoms with Crippen molar-refractivity contribution in [2.45, 2.75) is 82.9 Å². The smallest absolute Gasteiger partial charge is 0.321 e. The van der Waals surface area contributed by atoms with Gasteiger partial charge in [0.15, 0.2) is 0 Å². The molecule has 0 rings (SSSR count). The van der Waals surface area contributed by atoms with Crippen LogP contribution in [0.4, 0.5) is 0 Å². The van der Waals surface area contributed by atoms with Crippen LogP contribution in [0.15, 0.2) is 0 Å². The van der Waals surface area contributed by atoms with E-state index in [0.29, 0.717) is 0 Å². The Hall–Kier alpha value is -0.220. The van der Waals surface area contributed by atoms with Gasteiger partial charge in [-0.05, 0) is 26.0 Å². The van der Waals surface area contributed by atoms with Gasteiger partial charge in [0.25, 0.3) is 0 Å². The third kappa shape index (κ3) is 9.33. The molecular formula is C15H31NO2S. The highest BCUT2D eigenvalue weighted by Gasteiger charge is 2.32. The first-order valence-corrected chi connectivity index (χ1v) is 8.52. The SMILES string of the molecule is CCCCCCCCCCSC(C)(C)[C@H](N)C(=O)O. The highest BCUT2D eigenvalue weighted by atomic mass is 32.2. The fraction of sp³-hybridized carbons (Fsp3) is 0.933. The molecule has 0 unspecified atom stereocenters. The van der Waals surface area contributed by atoms with Crippen molar-refractivity contribution in [3.05, 3.63) is 0 Å². The number of unbranched alkanes of at least 4 members (excludes halogenated alkanes) is 7. The maximum Gasteiger partial charge on any atom is 0.321 e. The Morgan fingerprint density at radius 2 is 1.58 bits per heavy atom. The molecule has 0 aliphatic rings. The first-order chi connectivity index (χ1) is 8.91. The molecule has 1 atom stereocenters. The first kappa shape index (κ1) is 18.8. The molecule has 0 fully saturated rings. The molecule has 0 spiro atoms. The highest BCUT2D eigenvalue weighted by molar-refractivity contribution is 8.00.